The summed E-state index contributed by atoms with van der Waals surface area (Å²) in [5.41, 5.74) is 7.15. The van der Waals surface area contributed by atoms with Crippen molar-refractivity contribution < 1.29 is 4.79 Å². The van der Waals surface area contributed by atoms with Crippen molar-refractivity contribution >= 4 is 33.3 Å². The molecular formula is C12H11BrN4O. The Morgan fingerprint density at radius 3 is 2.83 bits per heavy atom. The van der Waals surface area contributed by atoms with Gasteiger partial charge in [0.05, 0.1) is 18.8 Å². The number of rotatable bonds is 3. The van der Waals surface area contributed by atoms with E-state index in [0.29, 0.717) is 16.1 Å². The molecule has 18 heavy (non-hydrogen) atoms. The first-order valence-corrected chi connectivity index (χ1v) is 6.04. The Morgan fingerprint density at radius 1 is 1.33 bits per heavy atom. The van der Waals surface area contributed by atoms with E-state index in [1.807, 2.05) is 12.1 Å². The minimum absolute atomic E-state index is 0.155. The van der Waals surface area contributed by atoms with Crippen LogP contribution in [0.5, 0.6) is 0 Å². The molecular weight excluding hydrogens is 296 g/mol. The maximum atomic E-state index is 11.7. The second-order valence-corrected chi connectivity index (χ2v) is 4.51. The summed E-state index contributed by atoms with van der Waals surface area (Å²) in [7, 11) is 0. The minimum atomic E-state index is -0.155. The molecule has 3 N–H and O–H groups in total. The predicted octanol–water partition coefficient (Wildman–Crippen LogP) is 2.00. The number of halogens is 1. The number of amides is 1. The Morgan fingerprint density at radius 2 is 2.17 bits per heavy atom. The molecule has 0 unspecified atom stereocenters. The summed E-state index contributed by atoms with van der Waals surface area (Å²) in [4.78, 5) is 19.7. The summed E-state index contributed by atoms with van der Waals surface area (Å²) in [5, 5.41) is 2.66. The molecule has 92 valence electrons. The summed E-state index contributed by atoms with van der Waals surface area (Å²) in [6, 6.07) is 7.22. The smallest absolute Gasteiger partial charge is 0.229 e. The first-order valence-electron chi connectivity index (χ1n) is 5.25. The van der Waals surface area contributed by atoms with E-state index in [1.165, 1.54) is 12.4 Å². The van der Waals surface area contributed by atoms with Crippen LogP contribution in [0.3, 0.4) is 0 Å². The third-order valence-corrected chi connectivity index (χ3v) is 2.61. The summed E-state index contributed by atoms with van der Waals surface area (Å²) < 4.78 is 0.622. The average molecular weight is 307 g/mol. The fourth-order valence-corrected chi connectivity index (χ4v) is 1.66. The maximum absolute atomic E-state index is 11.7. The van der Waals surface area contributed by atoms with Crippen LogP contribution in [-0.4, -0.2) is 15.9 Å². The van der Waals surface area contributed by atoms with Crippen molar-refractivity contribution in [2.45, 2.75) is 6.42 Å². The number of anilines is 2. The lowest BCUT2D eigenvalue weighted by atomic mass is 10.1. The second-order valence-electron chi connectivity index (χ2n) is 3.69. The monoisotopic (exact) mass is 306 g/mol. The van der Waals surface area contributed by atoms with Crippen LogP contribution >= 0.6 is 15.9 Å². The Kier molecular flexibility index (Phi) is 3.88. The number of nitrogens with one attached hydrogen (secondary N) is 1. The van der Waals surface area contributed by atoms with Gasteiger partial charge in [0, 0.05) is 5.69 Å². The van der Waals surface area contributed by atoms with Gasteiger partial charge in [-0.05, 0) is 33.6 Å². The van der Waals surface area contributed by atoms with E-state index < -0.39 is 0 Å². The molecule has 0 aliphatic carbocycles. The highest BCUT2D eigenvalue weighted by molar-refractivity contribution is 9.10. The number of carbonyl (C=O) groups excluding carboxylic acids is 1. The number of nitrogen functional groups attached to an aromatic ring is 1. The van der Waals surface area contributed by atoms with Crippen molar-refractivity contribution in [2.75, 3.05) is 11.1 Å². The fraction of sp³-hybridized carbons (Fsp3) is 0.0833. The first kappa shape index (κ1) is 12.5. The molecule has 0 spiro atoms. The fourth-order valence-electron chi connectivity index (χ4n) is 1.45. The standard InChI is InChI=1S/C12H11BrN4O/c13-10-6-16-11(7-15-10)17-12(18)5-8-2-1-3-9(14)4-8/h1-4,6-7H,5,14H2,(H,16,17,18). The van der Waals surface area contributed by atoms with Gasteiger partial charge in [-0.1, -0.05) is 12.1 Å². The minimum Gasteiger partial charge on any atom is -0.399 e. The lowest BCUT2D eigenvalue weighted by Gasteiger charge is -2.04. The third kappa shape index (κ3) is 3.53. The quantitative estimate of drug-likeness (QED) is 0.850. The molecule has 5 nitrogen and oxygen atoms in total. The van der Waals surface area contributed by atoms with Crippen molar-refractivity contribution in [1.82, 2.24) is 9.97 Å². The molecule has 1 aromatic heterocycles. The molecule has 0 aliphatic heterocycles. The van der Waals surface area contributed by atoms with Crippen LogP contribution in [0.4, 0.5) is 11.5 Å². The van der Waals surface area contributed by atoms with Gasteiger partial charge in [-0.2, -0.15) is 0 Å². The van der Waals surface area contributed by atoms with Crippen LogP contribution in [0.1, 0.15) is 5.56 Å². The number of hydrogen-bond donors (Lipinski definition) is 2. The molecule has 0 saturated heterocycles. The van der Waals surface area contributed by atoms with E-state index in [1.54, 1.807) is 12.1 Å². The zero-order chi connectivity index (χ0) is 13.0. The number of benzene rings is 1. The molecule has 0 fully saturated rings. The van der Waals surface area contributed by atoms with E-state index in [9.17, 15) is 4.79 Å². The van der Waals surface area contributed by atoms with Crippen LogP contribution < -0.4 is 11.1 Å². The van der Waals surface area contributed by atoms with Gasteiger partial charge in [-0.15, -0.1) is 0 Å². The van der Waals surface area contributed by atoms with E-state index in [-0.39, 0.29) is 12.3 Å². The van der Waals surface area contributed by atoms with Gasteiger partial charge in [0.15, 0.2) is 5.82 Å². The molecule has 1 heterocycles. The van der Waals surface area contributed by atoms with Gasteiger partial charge in [-0.3, -0.25) is 4.79 Å². The molecule has 0 atom stereocenters. The van der Waals surface area contributed by atoms with Gasteiger partial charge in [0.25, 0.3) is 0 Å². The van der Waals surface area contributed by atoms with Gasteiger partial charge >= 0.3 is 0 Å². The van der Waals surface area contributed by atoms with Gasteiger partial charge in [-0.25, -0.2) is 9.97 Å². The van der Waals surface area contributed by atoms with Crippen molar-refractivity contribution in [3.63, 3.8) is 0 Å². The summed E-state index contributed by atoms with van der Waals surface area (Å²) in [5.74, 6) is 0.268. The second kappa shape index (κ2) is 5.59. The largest absolute Gasteiger partial charge is 0.399 e. The molecule has 0 saturated carbocycles. The highest BCUT2D eigenvalue weighted by Crippen LogP contribution is 2.09. The van der Waals surface area contributed by atoms with E-state index >= 15 is 0 Å². The molecule has 0 radical (unpaired) electrons. The predicted molar refractivity (Wildman–Crippen MR) is 72.9 cm³/mol. The molecule has 6 heteroatoms. The Bertz CT molecular complexity index is 556. The highest BCUT2D eigenvalue weighted by Gasteiger charge is 2.05. The van der Waals surface area contributed by atoms with Crippen molar-refractivity contribution in [3.8, 4) is 0 Å². The number of nitrogens with two attached hydrogens (primary N) is 1. The van der Waals surface area contributed by atoms with E-state index in [2.05, 4.69) is 31.2 Å². The van der Waals surface area contributed by atoms with Gasteiger partial charge in [0.1, 0.15) is 4.60 Å². The summed E-state index contributed by atoms with van der Waals surface area (Å²) in [6.45, 7) is 0. The number of aromatic nitrogens is 2. The van der Waals surface area contributed by atoms with Crippen LogP contribution in [0.15, 0.2) is 41.3 Å². The summed E-state index contributed by atoms with van der Waals surface area (Å²) >= 11 is 3.17. The average Bonchev–Trinajstić information content (AvgIpc) is 2.32. The lowest BCUT2D eigenvalue weighted by molar-refractivity contribution is -0.115. The molecule has 2 aromatic rings. The highest BCUT2D eigenvalue weighted by atomic mass is 79.9. The van der Waals surface area contributed by atoms with Crippen LogP contribution in [-0.2, 0) is 11.2 Å². The molecule has 1 aromatic carbocycles. The number of nitrogens with zero attached hydrogens (tertiary/aromatic N) is 2. The first-order chi connectivity index (χ1) is 8.63. The normalized spacial score (nSPS) is 10.1. The number of carbonyl (C=O) groups is 1. The maximum Gasteiger partial charge on any atom is 0.229 e. The zero-order valence-corrected chi connectivity index (χ0v) is 11.0. The Balaban J connectivity index is 1.98. The lowest BCUT2D eigenvalue weighted by Crippen LogP contribution is -2.15. The van der Waals surface area contributed by atoms with Gasteiger partial charge in [0.2, 0.25) is 5.91 Å². The molecule has 1 amide bonds. The van der Waals surface area contributed by atoms with Crippen molar-refractivity contribution in [2.24, 2.45) is 0 Å². The Hall–Kier alpha value is -1.95. The van der Waals surface area contributed by atoms with E-state index in [4.69, 9.17) is 5.73 Å². The molecule has 0 aliphatic rings. The van der Waals surface area contributed by atoms with Crippen LogP contribution in [0.25, 0.3) is 0 Å². The number of hydrogen-bond acceptors (Lipinski definition) is 4. The SMILES string of the molecule is Nc1cccc(CC(=O)Nc2cnc(Br)cn2)c1. The zero-order valence-electron chi connectivity index (χ0n) is 9.43. The Labute approximate surface area is 113 Å². The molecule has 0 bridgehead atoms. The van der Waals surface area contributed by atoms with Gasteiger partial charge < -0.3 is 11.1 Å². The van der Waals surface area contributed by atoms with Crippen molar-refractivity contribution in [1.29, 1.82) is 0 Å². The summed E-state index contributed by atoms with van der Waals surface area (Å²) in [6.07, 6.45) is 3.26. The topological polar surface area (TPSA) is 80.9 Å². The van der Waals surface area contributed by atoms with E-state index in [0.717, 1.165) is 5.56 Å². The third-order valence-electron chi connectivity index (χ3n) is 2.20. The molecule has 2 rings (SSSR count). The van der Waals surface area contributed by atoms with Crippen LogP contribution in [0.2, 0.25) is 0 Å². The van der Waals surface area contributed by atoms with Crippen molar-refractivity contribution in [3.05, 3.63) is 46.8 Å². The van der Waals surface area contributed by atoms with Crippen LogP contribution in [0, 0.1) is 0 Å².